The Hall–Kier alpha value is -5.54. The van der Waals surface area contributed by atoms with E-state index in [0.717, 1.165) is 38.9 Å². The lowest BCUT2D eigenvalue weighted by Crippen LogP contribution is -2.31. The largest absolute Gasteiger partial charge is 0.454 e. The first-order valence-electron chi connectivity index (χ1n) is 14.4. The molecule has 9 rings (SSSR count). The van der Waals surface area contributed by atoms with Crippen molar-refractivity contribution < 1.29 is 4.42 Å². The van der Waals surface area contributed by atoms with Crippen LogP contribution in [0.25, 0.3) is 60.7 Å². The summed E-state index contributed by atoms with van der Waals surface area (Å²) in [6.07, 6.45) is 10.9. The van der Waals surface area contributed by atoms with Crippen molar-refractivity contribution in [2.24, 2.45) is 0 Å². The molecule has 7 aromatic rings. The third kappa shape index (κ3) is 3.40. The molecule has 3 heteroatoms. The maximum absolute atomic E-state index is 6.74. The topological polar surface area (TPSA) is 30.1 Å². The van der Waals surface area contributed by atoms with Gasteiger partial charge in [0, 0.05) is 32.8 Å². The van der Waals surface area contributed by atoms with Gasteiger partial charge in [0.05, 0.1) is 22.8 Å². The number of benzene rings is 5. The molecule has 3 nitrogen and oxygen atoms in total. The summed E-state index contributed by atoms with van der Waals surface area (Å²) in [5.41, 5.74) is 11.1. The molecule has 0 spiro atoms. The van der Waals surface area contributed by atoms with Crippen LogP contribution in [0.15, 0.2) is 156 Å². The summed E-state index contributed by atoms with van der Waals surface area (Å²) in [6, 6.07) is 41.0. The van der Waals surface area contributed by atoms with E-state index in [9.17, 15) is 0 Å². The summed E-state index contributed by atoms with van der Waals surface area (Å²) in [5, 5.41) is 8.49. The van der Waals surface area contributed by atoms with Crippen molar-refractivity contribution in [3.8, 4) is 5.69 Å². The second kappa shape index (κ2) is 8.98. The zero-order valence-electron chi connectivity index (χ0n) is 22.8. The highest BCUT2D eigenvalue weighted by atomic mass is 16.3. The van der Waals surface area contributed by atoms with E-state index in [1.165, 1.54) is 38.5 Å². The van der Waals surface area contributed by atoms with Crippen LogP contribution in [0.4, 0.5) is 0 Å². The van der Waals surface area contributed by atoms with E-state index < -0.39 is 0 Å². The van der Waals surface area contributed by atoms with Gasteiger partial charge in [0.1, 0.15) is 5.58 Å². The SMILES string of the molecule is C1=CC2=C(c3ccccc3)C=C(c3ccc4c(c3)oc3c(-n5c6ccccc6c6ccccc65)cccc34)NC2C=C1. The van der Waals surface area contributed by atoms with Crippen LogP contribution < -0.4 is 5.32 Å². The van der Waals surface area contributed by atoms with E-state index >= 15 is 0 Å². The van der Waals surface area contributed by atoms with Gasteiger partial charge in [0.25, 0.3) is 0 Å². The van der Waals surface area contributed by atoms with Gasteiger partial charge in [0.15, 0.2) is 5.58 Å². The van der Waals surface area contributed by atoms with Crippen molar-refractivity contribution in [3.63, 3.8) is 0 Å². The molecule has 1 aliphatic carbocycles. The Labute approximate surface area is 243 Å². The smallest absolute Gasteiger partial charge is 0.159 e. The molecule has 1 atom stereocenters. The number of nitrogens with one attached hydrogen (secondary N) is 1. The summed E-state index contributed by atoms with van der Waals surface area (Å²) in [5.74, 6) is 0. The van der Waals surface area contributed by atoms with Crippen LogP contribution >= 0.6 is 0 Å². The van der Waals surface area contributed by atoms with Gasteiger partial charge >= 0.3 is 0 Å². The molecule has 0 amide bonds. The van der Waals surface area contributed by atoms with Crippen molar-refractivity contribution in [1.82, 2.24) is 9.88 Å². The first-order valence-corrected chi connectivity index (χ1v) is 14.4. The molecule has 2 aromatic heterocycles. The predicted molar refractivity (Wildman–Crippen MR) is 175 cm³/mol. The number of hydrogen-bond donors (Lipinski definition) is 1. The maximum Gasteiger partial charge on any atom is 0.159 e. The molecule has 0 bridgehead atoms. The summed E-state index contributed by atoms with van der Waals surface area (Å²) in [6.45, 7) is 0. The normalized spacial score (nSPS) is 16.4. The zero-order valence-corrected chi connectivity index (χ0v) is 22.8. The van der Waals surface area contributed by atoms with Gasteiger partial charge < -0.3 is 14.3 Å². The number of allylic oxidation sites excluding steroid dienone is 4. The third-order valence-corrected chi connectivity index (χ3v) is 8.63. The first-order chi connectivity index (χ1) is 20.8. The van der Waals surface area contributed by atoms with Crippen LogP contribution in [0.5, 0.6) is 0 Å². The highest BCUT2D eigenvalue weighted by Crippen LogP contribution is 2.39. The van der Waals surface area contributed by atoms with E-state index in [0.29, 0.717) is 0 Å². The number of dihydropyridines is 1. The van der Waals surface area contributed by atoms with Gasteiger partial charge in [-0.05, 0) is 53.1 Å². The lowest BCUT2D eigenvalue weighted by molar-refractivity contribution is 0.666. The molecule has 0 radical (unpaired) electrons. The number of nitrogens with zero attached hydrogens (tertiary/aromatic N) is 1. The van der Waals surface area contributed by atoms with Crippen LogP contribution in [-0.4, -0.2) is 10.6 Å². The number of furan rings is 1. The number of para-hydroxylation sites is 3. The molecular weight excluding hydrogens is 512 g/mol. The molecular formula is C39H26N2O. The number of aromatic nitrogens is 1. The fourth-order valence-electron chi connectivity index (χ4n) is 6.71. The molecule has 42 heavy (non-hydrogen) atoms. The third-order valence-electron chi connectivity index (χ3n) is 8.63. The summed E-state index contributed by atoms with van der Waals surface area (Å²) < 4.78 is 9.08. The van der Waals surface area contributed by atoms with Crippen LogP contribution in [0.3, 0.4) is 0 Å². The van der Waals surface area contributed by atoms with Gasteiger partial charge in [-0.25, -0.2) is 0 Å². The van der Waals surface area contributed by atoms with Crippen LogP contribution in [0.1, 0.15) is 11.1 Å². The summed E-state index contributed by atoms with van der Waals surface area (Å²) in [7, 11) is 0. The summed E-state index contributed by atoms with van der Waals surface area (Å²) in [4.78, 5) is 0. The molecule has 2 aliphatic rings. The average Bonchev–Trinajstić information content (AvgIpc) is 3.60. The summed E-state index contributed by atoms with van der Waals surface area (Å²) >= 11 is 0. The van der Waals surface area contributed by atoms with Crippen molar-refractivity contribution in [2.45, 2.75) is 6.04 Å². The molecule has 0 fully saturated rings. The van der Waals surface area contributed by atoms with Crippen LogP contribution in [-0.2, 0) is 0 Å². The lowest BCUT2D eigenvalue weighted by atomic mass is 9.87. The lowest BCUT2D eigenvalue weighted by Gasteiger charge is -2.29. The second-order valence-electron chi connectivity index (χ2n) is 11.0. The van der Waals surface area contributed by atoms with Crippen molar-refractivity contribution in [2.75, 3.05) is 0 Å². The molecule has 1 N–H and O–H groups in total. The van der Waals surface area contributed by atoms with Crippen molar-refractivity contribution >= 4 is 55.0 Å². The van der Waals surface area contributed by atoms with Gasteiger partial charge in [-0.1, -0.05) is 109 Å². The first kappa shape index (κ1) is 23.2. The minimum Gasteiger partial charge on any atom is -0.454 e. The molecule has 5 aromatic carbocycles. The fourth-order valence-corrected chi connectivity index (χ4v) is 6.71. The standard InChI is InChI=1S/C39H26N2O/c1-2-11-25(12-3-1)32-24-34(40-33-17-7-4-13-27(32)33)26-21-22-30-31-16-10-20-37(39(31)42-38(30)23-26)41-35-18-8-5-14-28(35)29-15-6-9-19-36(29)41/h1-24,33,40H. The molecule has 1 aliphatic heterocycles. The molecule has 0 saturated carbocycles. The monoisotopic (exact) mass is 538 g/mol. The van der Waals surface area contributed by atoms with Gasteiger partial charge in [-0.15, -0.1) is 0 Å². The Morgan fingerprint density at radius 2 is 1.36 bits per heavy atom. The fraction of sp³-hybridized carbons (Fsp3) is 0.0256. The molecule has 0 saturated heterocycles. The Morgan fingerprint density at radius 1 is 0.619 bits per heavy atom. The van der Waals surface area contributed by atoms with E-state index in [2.05, 4.69) is 156 Å². The Kier molecular flexibility index (Phi) is 4.96. The number of hydrogen-bond acceptors (Lipinski definition) is 2. The average molecular weight is 539 g/mol. The van der Waals surface area contributed by atoms with E-state index in [1.54, 1.807) is 0 Å². The number of rotatable bonds is 3. The van der Waals surface area contributed by atoms with Gasteiger partial charge in [-0.3, -0.25) is 0 Å². The molecule has 1 unspecified atom stereocenters. The predicted octanol–water partition coefficient (Wildman–Crippen LogP) is 9.58. The Bertz CT molecular complexity index is 2270. The van der Waals surface area contributed by atoms with Crippen LogP contribution in [0.2, 0.25) is 0 Å². The van der Waals surface area contributed by atoms with E-state index in [-0.39, 0.29) is 6.04 Å². The Morgan fingerprint density at radius 3 is 2.17 bits per heavy atom. The molecule has 198 valence electrons. The zero-order chi connectivity index (χ0) is 27.6. The minimum atomic E-state index is 0.124. The minimum absolute atomic E-state index is 0.124. The second-order valence-corrected chi connectivity index (χ2v) is 11.0. The van der Waals surface area contributed by atoms with Gasteiger partial charge in [-0.2, -0.15) is 0 Å². The highest BCUT2D eigenvalue weighted by molar-refractivity contribution is 6.13. The van der Waals surface area contributed by atoms with E-state index in [1.807, 2.05) is 0 Å². The molecule has 3 heterocycles. The van der Waals surface area contributed by atoms with E-state index in [4.69, 9.17) is 4.42 Å². The van der Waals surface area contributed by atoms with Crippen LogP contribution in [0, 0.1) is 0 Å². The Balaban J connectivity index is 1.23. The van der Waals surface area contributed by atoms with Crippen molar-refractivity contribution in [3.05, 3.63) is 162 Å². The van der Waals surface area contributed by atoms with Crippen molar-refractivity contribution in [1.29, 1.82) is 0 Å². The quantitative estimate of drug-likeness (QED) is 0.243. The highest BCUT2D eigenvalue weighted by Gasteiger charge is 2.23. The number of fused-ring (bicyclic) bond motifs is 7. The van der Waals surface area contributed by atoms with Gasteiger partial charge in [0.2, 0.25) is 0 Å². The maximum atomic E-state index is 6.74.